The van der Waals surface area contributed by atoms with Gasteiger partial charge in [0.1, 0.15) is 17.1 Å². The molecule has 2 heterocycles. The summed E-state index contributed by atoms with van der Waals surface area (Å²) in [5.41, 5.74) is 3.15. The molecule has 2 aromatic heterocycles. The number of carbonyl (C=O) groups is 1. The van der Waals surface area contributed by atoms with Gasteiger partial charge in [0, 0.05) is 6.54 Å². The molecule has 0 fully saturated rings. The van der Waals surface area contributed by atoms with Crippen LogP contribution in [0.5, 0.6) is 5.75 Å². The van der Waals surface area contributed by atoms with E-state index < -0.39 is 0 Å². The molecule has 0 aliphatic carbocycles. The molecule has 2 aromatic carbocycles. The molecule has 1 amide bonds. The largest absolute Gasteiger partial charge is 0.497 e. The van der Waals surface area contributed by atoms with Gasteiger partial charge in [-0.1, -0.05) is 47.3 Å². The molecule has 0 spiro atoms. The zero-order chi connectivity index (χ0) is 20.8. The van der Waals surface area contributed by atoms with E-state index in [9.17, 15) is 4.79 Å². The van der Waals surface area contributed by atoms with Crippen LogP contribution in [0.15, 0.2) is 66.0 Å². The first-order chi connectivity index (χ1) is 14.7. The quantitative estimate of drug-likeness (QED) is 0.346. The van der Waals surface area contributed by atoms with Gasteiger partial charge in [-0.2, -0.15) is 4.68 Å². The van der Waals surface area contributed by atoms with Gasteiger partial charge in [0.15, 0.2) is 11.2 Å². The number of hydrogen-bond donors (Lipinski definition) is 1. The molecule has 9 heteroatoms. The van der Waals surface area contributed by atoms with Crippen molar-refractivity contribution in [3.05, 3.63) is 66.5 Å². The Morgan fingerprint density at radius 3 is 2.67 bits per heavy atom. The molecular formula is C21H20N6O2S. The van der Waals surface area contributed by atoms with Crippen LogP contribution >= 0.6 is 11.8 Å². The van der Waals surface area contributed by atoms with Crippen LogP contribution in [0.3, 0.4) is 0 Å². The molecule has 4 rings (SSSR count). The van der Waals surface area contributed by atoms with Gasteiger partial charge in [-0.25, -0.2) is 9.97 Å². The SMILES string of the molecule is COc1ccc(-n2nnc3c(SCC(=O)NCCc4ccccc4)ncnc32)cc1. The lowest BCUT2D eigenvalue weighted by Gasteiger charge is -2.06. The maximum Gasteiger partial charge on any atom is 0.230 e. The molecule has 0 atom stereocenters. The maximum absolute atomic E-state index is 12.2. The van der Waals surface area contributed by atoms with Crippen LogP contribution in [-0.4, -0.2) is 50.3 Å². The maximum atomic E-state index is 12.2. The Morgan fingerprint density at radius 2 is 1.90 bits per heavy atom. The Morgan fingerprint density at radius 1 is 1.10 bits per heavy atom. The second kappa shape index (κ2) is 9.36. The van der Waals surface area contributed by atoms with E-state index in [0.29, 0.717) is 22.7 Å². The lowest BCUT2D eigenvalue weighted by Crippen LogP contribution is -2.27. The number of ether oxygens (including phenoxy) is 1. The molecule has 0 bridgehead atoms. The van der Waals surface area contributed by atoms with Crippen molar-refractivity contribution in [3.8, 4) is 11.4 Å². The van der Waals surface area contributed by atoms with Crippen LogP contribution in [-0.2, 0) is 11.2 Å². The van der Waals surface area contributed by atoms with Crippen LogP contribution < -0.4 is 10.1 Å². The van der Waals surface area contributed by atoms with E-state index >= 15 is 0 Å². The summed E-state index contributed by atoms with van der Waals surface area (Å²) in [5, 5.41) is 12.0. The fourth-order valence-corrected chi connectivity index (χ4v) is 3.67. The number of hydrogen-bond acceptors (Lipinski definition) is 7. The Balaban J connectivity index is 1.39. The number of thioether (sulfide) groups is 1. The minimum Gasteiger partial charge on any atom is -0.497 e. The molecular weight excluding hydrogens is 400 g/mol. The second-order valence-corrected chi connectivity index (χ2v) is 7.39. The molecule has 0 saturated heterocycles. The summed E-state index contributed by atoms with van der Waals surface area (Å²) in [7, 11) is 1.62. The number of aromatic nitrogens is 5. The average Bonchev–Trinajstić information content (AvgIpc) is 3.23. The molecule has 0 saturated carbocycles. The standard InChI is InChI=1S/C21H20N6O2S/c1-29-17-9-7-16(8-10-17)27-20-19(25-26-27)21(24-14-23-20)30-13-18(28)22-12-11-15-5-3-2-4-6-15/h2-10,14H,11-13H2,1H3,(H,22,28). The van der Waals surface area contributed by atoms with Crippen molar-refractivity contribution in [2.75, 3.05) is 19.4 Å². The zero-order valence-corrected chi connectivity index (χ0v) is 17.2. The Bertz CT molecular complexity index is 1130. The number of carbonyl (C=O) groups excluding carboxylic acids is 1. The van der Waals surface area contributed by atoms with Crippen LogP contribution in [0.25, 0.3) is 16.9 Å². The predicted molar refractivity (Wildman–Crippen MR) is 115 cm³/mol. The number of rotatable bonds is 8. The molecule has 0 aliphatic rings. The molecule has 1 N–H and O–H groups in total. The van der Waals surface area contributed by atoms with Gasteiger partial charge in [0.25, 0.3) is 0 Å². The summed E-state index contributed by atoms with van der Waals surface area (Å²) in [6, 6.07) is 17.5. The summed E-state index contributed by atoms with van der Waals surface area (Å²) in [6.45, 7) is 0.593. The molecule has 4 aromatic rings. The summed E-state index contributed by atoms with van der Waals surface area (Å²) in [4.78, 5) is 20.8. The smallest absolute Gasteiger partial charge is 0.230 e. The first kappa shape index (κ1) is 19.8. The van der Waals surface area contributed by atoms with Crippen molar-refractivity contribution >= 4 is 28.8 Å². The van der Waals surface area contributed by atoms with Gasteiger partial charge in [0.2, 0.25) is 5.91 Å². The molecule has 0 aliphatic heterocycles. The number of methoxy groups -OCH3 is 1. The van der Waals surface area contributed by atoms with E-state index in [-0.39, 0.29) is 11.7 Å². The van der Waals surface area contributed by atoms with Gasteiger partial charge in [-0.3, -0.25) is 4.79 Å². The summed E-state index contributed by atoms with van der Waals surface area (Å²) in [5.74, 6) is 0.952. The molecule has 30 heavy (non-hydrogen) atoms. The number of nitrogens with zero attached hydrogens (tertiary/aromatic N) is 5. The lowest BCUT2D eigenvalue weighted by atomic mass is 10.1. The number of benzene rings is 2. The van der Waals surface area contributed by atoms with E-state index in [0.717, 1.165) is 17.9 Å². The minimum atomic E-state index is -0.0507. The van der Waals surface area contributed by atoms with Gasteiger partial charge < -0.3 is 10.1 Å². The molecule has 152 valence electrons. The van der Waals surface area contributed by atoms with E-state index in [2.05, 4.69) is 25.6 Å². The normalized spacial score (nSPS) is 10.8. The second-order valence-electron chi connectivity index (χ2n) is 6.42. The Hall–Kier alpha value is -3.46. The van der Waals surface area contributed by atoms with Crippen LogP contribution in [0.2, 0.25) is 0 Å². The third-order valence-corrected chi connectivity index (χ3v) is 5.42. The first-order valence-electron chi connectivity index (χ1n) is 9.39. The average molecular weight is 420 g/mol. The zero-order valence-electron chi connectivity index (χ0n) is 16.4. The van der Waals surface area contributed by atoms with E-state index in [4.69, 9.17) is 4.74 Å². The predicted octanol–water partition coefficient (Wildman–Crippen LogP) is 2.67. The fourth-order valence-electron chi connectivity index (χ4n) is 2.91. The highest BCUT2D eigenvalue weighted by molar-refractivity contribution is 8.00. The highest BCUT2D eigenvalue weighted by atomic mass is 32.2. The minimum absolute atomic E-state index is 0.0507. The van der Waals surface area contributed by atoms with Gasteiger partial charge in [-0.05, 0) is 36.2 Å². The lowest BCUT2D eigenvalue weighted by molar-refractivity contribution is -0.118. The Kier molecular flexibility index (Phi) is 6.19. The monoisotopic (exact) mass is 420 g/mol. The third-order valence-electron chi connectivity index (χ3n) is 4.44. The highest BCUT2D eigenvalue weighted by Crippen LogP contribution is 2.24. The van der Waals surface area contributed by atoms with Crippen molar-refractivity contribution in [2.45, 2.75) is 11.4 Å². The third kappa shape index (κ3) is 4.57. The number of fused-ring (bicyclic) bond motifs is 1. The Labute approximate surface area is 177 Å². The molecule has 8 nitrogen and oxygen atoms in total. The van der Waals surface area contributed by atoms with Crippen molar-refractivity contribution in [1.29, 1.82) is 0 Å². The summed E-state index contributed by atoms with van der Waals surface area (Å²) in [6.07, 6.45) is 2.26. The van der Waals surface area contributed by atoms with Crippen LogP contribution in [0.4, 0.5) is 0 Å². The van der Waals surface area contributed by atoms with Gasteiger partial charge in [0.05, 0.1) is 18.6 Å². The van der Waals surface area contributed by atoms with Crippen LogP contribution in [0, 0.1) is 0 Å². The van der Waals surface area contributed by atoms with Crippen LogP contribution in [0.1, 0.15) is 5.56 Å². The van der Waals surface area contributed by atoms with Gasteiger partial charge in [-0.15, -0.1) is 5.10 Å². The fraction of sp³-hybridized carbons (Fsp3) is 0.190. The van der Waals surface area contributed by atoms with Crippen molar-refractivity contribution in [2.24, 2.45) is 0 Å². The van der Waals surface area contributed by atoms with E-state index in [1.54, 1.807) is 11.8 Å². The van der Waals surface area contributed by atoms with E-state index in [1.165, 1.54) is 23.7 Å². The highest BCUT2D eigenvalue weighted by Gasteiger charge is 2.14. The number of amides is 1. The van der Waals surface area contributed by atoms with Crippen molar-refractivity contribution in [3.63, 3.8) is 0 Å². The summed E-state index contributed by atoms with van der Waals surface area (Å²) >= 11 is 1.32. The number of nitrogens with one attached hydrogen (secondary N) is 1. The summed E-state index contributed by atoms with van der Waals surface area (Å²) < 4.78 is 6.83. The van der Waals surface area contributed by atoms with Gasteiger partial charge >= 0.3 is 0 Å². The molecule has 0 radical (unpaired) electrons. The topological polar surface area (TPSA) is 94.8 Å². The first-order valence-corrected chi connectivity index (χ1v) is 10.4. The van der Waals surface area contributed by atoms with Crippen molar-refractivity contribution < 1.29 is 9.53 Å². The van der Waals surface area contributed by atoms with E-state index in [1.807, 2.05) is 54.6 Å². The van der Waals surface area contributed by atoms with Crippen molar-refractivity contribution in [1.82, 2.24) is 30.3 Å². The molecule has 0 unspecified atom stereocenters.